The maximum atomic E-state index is 8.93. The lowest BCUT2D eigenvalue weighted by Gasteiger charge is -2.35. The normalized spacial score (nSPS) is 21.5. The first-order valence-corrected chi connectivity index (χ1v) is 6.68. The van der Waals surface area contributed by atoms with E-state index in [0.717, 1.165) is 37.3 Å². The molecule has 0 saturated heterocycles. The lowest BCUT2D eigenvalue weighted by atomic mass is 9.89. The van der Waals surface area contributed by atoms with Crippen LogP contribution in [0.15, 0.2) is 18.2 Å². The summed E-state index contributed by atoms with van der Waals surface area (Å²) in [7, 11) is 1.65. The molecule has 1 fully saturated rings. The van der Waals surface area contributed by atoms with Crippen LogP contribution in [0.2, 0.25) is 0 Å². The maximum Gasteiger partial charge on any atom is 0.123 e. The quantitative estimate of drug-likeness (QED) is 0.852. The Morgan fingerprint density at radius 2 is 2.21 bits per heavy atom. The summed E-state index contributed by atoms with van der Waals surface area (Å²) in [4.78, 5) is 0. The summed E-state index contributed by atoms with van der Waals surface area (Å²) in [6.07, 6.45) is 2.54. The molecule has 0 heterocycles. The van der Waals surface area contributed by atoms with Crippen LogP contribution < -0.4 is 10.1 Å². The molecule has 1 saturated carbocycles. The van der Waals surface area contributed by atoms with Gasteiger partial charge in [-0.15, -0.1) is 0 Å². The topological polar surface area (TPSA) is 54.3 Å². The fourth-order valence-corrected chi connectivity index (χ4v) is 2.34. The van der Waals surface area contributed by atoms with E-state index in [4.69, 9.17) is 14.7 Å². The van der Waals surface area contributed by atoms with Crippen LogP contribution in [0.4, 0.5) is 0 Å². The lowest BCUT2D eigenvalue weighted by molar-refractivity contribution is -0.0102. The number of rotatable bonds is 6. The number of methoxy groups -OCH3 is 1. The molecule has 19 heavy (non-hydrogen) atoms. The molecule has 0 spiro atoms. The van der Waals surface area contributed by atoms with Crippen LogP contribution in [0.5, 0.6) is 5.75 Å². The highest BCUT2D eigenvalue weighted by Gasteiger charge is 2.28. The molecule has 1 aliphatic carbocycles. The zero-order chi connectivity index (χ0) is 13.7. The van der Waals surface area contributed by atoms with Gasteiger partial charge in [-0.1, -0.05) is 0 Å². The van der Waals surface area contributed by atoms with Gasteiger partial charge in [0.25, 0.3) is 0 Å². The van der Waals surface area contributed by atoms with Gasteiger partial charge in [0.05, 0.1) is 24.8 Å². The average Bonchev–Trinajstić information content (AvgIpc) is 2.40. The Bertz CT molecular complexity index is 462. The number of hydrogen-bond acceptors (Lipinski definition) is 4. The van der Waals surface area contributed by atoms with Gasteiger partial charge in [0.15, 0.2) is 0 Å². The summed E-state index contributed by atoms with van der Waals surface area (Å²) >= 11 is 0. The molecule has 1 N–H and O–H groups in total. The van der Waals surface area contributed by atoms with Gasteiger partial charge in [0.1, 0.15) is 5.75 Å². The van der Waals surface area contributed by atoms with Crippen molar-refractivity contribution in [3.05, 3.63) is 29.3 Å². The Kier molecular flexibility index (Phi) is 4.78. The number of ether oxygens (including phenoxy) is 2. The number of nitrogens with one attached hydrogen (secondary N) is 1. The van der Waals surface area contributed by atoms with E-state index in [9.17, 15) is 0 Å². The van der Waals surface area contributed by atoms with Gasteiger partial charge in [-0.05, 0) is 38.0 Å². The van der Waals surface area contributed by atoms with E-state index in [-0.39, 0.29) is 0 Å². The molecule has 4 heteroatoms. The van der Waals surface area contributed by atoms with Gasteiger partial charge in [-0.3, -0.25) is 0 Å². The van der Waals surface area contributed by atoms with Crippen LogP contribution in [-0.2, 0) is 11.3 Å². The van der Waals surface area contributed by atoms with Crippen LogP contribution in [0.1, 0.15) is 30.9 Å². The van der Waals surface area contributed by atoms with Crippen molar-refractivity contribution in [1.82, 2.24) is 5.32 Å². The molecular weight excluding hydrogens is 240 g/mol. The van der Waals surface area contributed by atoms with Crippen molar-refractivity contribution in [3.8, 4) is 11.8 Å². The standard InChI is InChI=1S/C15H20N2O2/c1-3-19-14-7-13(8-14)17-10-12-6-11(9-16)4-5-15(12)18-2/h4-6,13-14,17H,3,7-8,10H2,1-2H3. The fraction of sp³-hybridized carbons (Fsp3) is 0.533. The van der Waals surface area contributed by atoms with Crippen molar-refractivity contribution in [2.45, 2.75) is 38.5 Å². The first kappa shape index (κ1) is 13.9. The summed E-state index contributed by atoms with van der Waals surface area (Å²) < 4.78 is 10.8. The Balaban J connectivity index is 1.88. The number of benzene rings is 1. The summed E-state index contributed by atoms with van der Waals surface area (Å²) in [6, 6.07) is 8.16. The van der Waals surface area contributed by atoms with E-state index in [0.29, 0.717) is 17.7 Å². The van der Waals surface area contributed by atoms with Gasteiger partial charge in [0.2, 0.25) is 0 Å². The molecular formula is C15H20N2O2. The molecule has 0 unspecified atom stereocenters. The summed E-state index contributed by atoms with van der Waals surface area (Å²) in [5, 5.41) is 12.4. The van der Waals surface area contributed by atoms with Crippen LogP contribution in [-0.4, -0.2) is 25.9 Å². The molecule has 0 bridgehead atoms. The maximum absolute atomic E-state index is 8.93. The zero-order valence-electron chi connectivity index (χ0n) is 11.5. The molecule has 102 valence electrons. The molecule has 1 aliphatic rings. The number of hydrogen-bond donors (Lipinski definition) is 1. The third kappa shape index (κ3) is 3.46. The van der Waals surface area contributed by atoms with E-state index in [1.165, 1.54) is 0 Å². The Hall–Kier alpha value is -1.57. The second-order valence-corrected chi connectivity index (χ2v) is 4.77. The molecule has 1 aromatic carbocycles. The fourth-order valence-electron chi connectivity index (χ4n) is 2.34. The molecule has 4 nitrogen and oxygen atoms in total. The molecule has 0 aromatic heterocycles. The smallest absolute Gasteiger partial charge is 0.123 e. The Labute approximate surface area is 114 Å². The summed E-state index contributed by atoms with van der Waals surface area (Å²) in [5.74, 6) is 0.826. The first-order chi connectivity index (χ1) is 9.26. The van der Waals surface area contributed by atoms with Gasteiger partial charge >= 0.3 is 0 Å². The van der Waals surface area contributed by atoms with Crippen molar-refractivity contribution >= 4 is 0 Å². The second-order valence-electron chi connectivity index (χ2n) is 4.77. The molecule has 0 atom stereocenters. The monoisotopic (exact) mass is 260 g/mol. The number of nitriles is 1. The SMILES string of the molecule is CCOC1CC(NCc2cc(C#N)ccc2OC)C1. The van der Waals surface area contributed by atoms with E-state index < -0.39 is 0 Å². The summed E-state index contributed by atoms with van der Waals surface area (Å²) in [6.45, 7) is 3.54. The molecule has 2 rings (SSSR count). The lowest BCUT2D eigenvalue weighted by Crippen LogP contribution is -2.45. The van der Waals surface area contributed by atoms with Crippen LogP contribution in [0.3, 0.4) is 0 Å². The van der Waals surface area contributed by atoms with Crippen molar-refractivity contribution in [1.29, 1.82) is 5.26 Å². The predicted octanol–water partition coefficient (Wildman–Crippen LogP) is 2.22. The van der Waals surface area contributed by atoms with Gasteiger partial charge < -0.3 is 14.8 Å². The highest BCUT2D eigenvalue weighted by molar-refractivity contribution is 5.42. The van der Waals surface area contributed by atoms with Gasteiger partial charge in [-0.25, -0.2) is 0 Å². The van der Waals surface area contributed by atoms with Crippen molar-refractivity contribution in [3.63, 3.8) is 0 Å². The molecule has 0 amide bonds. The predicted molar refractivity (Wildman–Crippen MR) is 73.0 cm³/mol. The highest BCUT2D eigenvalue weighted by atomic mass is 16.5. The van der Waals surface area contributed by atoms with E-state index >= 15 is 0 Å². The second kappa shape index (κ2) is 6.55. The van der Waals surface area contributed by atoms with E-state index in [1.807, 2.05) is 19.1 Å². The zero-order valence-corrected chi connectivity index (χ0v) is 11.5. The van der Waals surface area contributed by atoms with Gasteiger partial charge in [0, 0.05) is 24.8 Å². The Morgan fingerprint density at radius 3 is 2.84 bits per heavy atom. The minimum absolute atomic E-state index is 0.412. The van der Waals surface area contributed by atoms with Crippen LogP contribution in [0.25, 0.3) is 0 Å². The van der Waals surface area contributed by atoms with Crippen LogP contribution >= 0.6 is 0 Å². The molecule has 1 aromatic rings. The molecule has 0 radical (unpaired) electrons. The van der Waals surface area contributed by atoms with E-state index in [2.05, 4.69) is 11.4 Å². The van der Waals surface area contributed by atoms with Gasteiger partial charge in [-0.2, -0.15) is 5.26 Å². The largest absolute Gasteiger partial charge is 0.496 e. The third-order valence-corrected chi connectivity index (χ3v) is 3.49. The number of nitrogens with zero attached hydrogens (tertiary/aromatic N) is 1. The highest BCUT2D eigenvalue weighted by Crippen LogP contribution is 2.25. The molecule has 0 aliphatic heterocycles. The van der Waals surface area contributed by atoms with Crippen molar-refractivity contribution in [2.24, 2.45) is 0 Å². The first-order valence-electron chi connectivity index (χ1n) is 6.68. The Morgan fingerprint density at radius 1 is 1.42 bits per heavy atom. The summed E-state index contributed by atoms with van der Waals surface area (Å²) in [5.41, 5.74) is 1.69. The minimum Gasteiger partial charge on any atom is -0.496 e. The van der Waals surface area contributed by atoms with Crippen molar-refractivity contribution < 1.29 is 9.47 Å². The van der Waals surface area contributed by atoms with E-state index in [1.54, 1.807) is 13.2 Å². The van der Waals surface area contributed by atoms with Crippen molar-refractivity contribution in [2.75, 3.05) is 13.7 Å². The average molecular weight is 260 g/mol. The minimum atomic E-state index is 0.412. The van der Waals surface area contributed by atoms with Crippen LogP contribution in [0, 0.1) is 11.3 Å². The third-order valence-electron chi connectivity index (χ3n) is 3.49.